The number of rotatable bonds is 28. The second kappa shape index (κ2) is 30.5. The number of hydrogen-bond acceptors (Lipinski definition) is 19. The van der Waals surface area contributed by atoms with E-state index in [1.54, 1.807) is 38.1 Å². The molecular weight excluding hydrogens is 1200 g/mol. The van der Waals surface area contributed by atoms with Gasteiger partial charge in [-0.15, -0.1) is 21.5 Å². The lowest BCUT2D eigenvalue weighted by Crippen LogP contribution is -2.56. The Morgan fingerprint density at radius 1 is 0.900 bits per heavy atom. The van der Waals surface area contributed by atoms with Crippen molar-refractivity contribution in [2.24, 2.45) is 11.7 Å². The zero-order valence-electron chi connectivity index (χ0n) is 50.6. The summed E-state index contributed by atoms with van der Waals surface area (Å²) in [6, 6.07) is 17.3. The molecule has 24 nitrogen and oxygen atoms in total. The Hall–Kier alpha value is -8.94. The van der Waals surface area contributed by atoms with E-state index in [1.807, 2.05) is 48.2 Å². The molecule has 6 aromatic rings. The van der Waals surface area contributed by atoms with Crippen molar-refractivity contribution in [3.8, 4) is 17.6 Å². The van der Waals surface area contributed by atoms with Gasteiger partial charge in [0.15, 0.2) is 33.5 Å². The van der Waals surface area contributed by atoms with E-state index in [0.717, 1.165) is 81.9 Å². The van der Waals surface area contributed by atoms with Gasteiger partial charge < -0.3 is 61.1 Å². The number of anilines is 5. The number of imide groups is 1. The number of amides is 7. The number of urea groups is 1. The van der Waals surface area contributed by atoms with Gasteiger partial charge in [-0.2, -0.15) is 0 Å². The van der Waals surface area contributed by atoms with E-state index in [-0.39, 0.29) is 63.1 Å². The predicted molar refractivity (Wildman–Crippen MR) is 336 cm³/mol. The first-order valence-electron chi connectivity index (χ1n) is 29.9. The Bertz CT molecular complexity index is 3660. The molecule has 27 heteroatoms. The molecule has 0 saturated carbocycles. The Balaban J connectivity index is 0.700. The Labute approximate surface area is 528 Å². The zero-order chi connectivity index (χ0) is 63.9. The molecule has 7 amide bonds. The van der Waals surface area contributed by atoms with Crippen LogP contribution in [0.1, 0.15) is 83.6 Å². The molecule has 1 fully saturated rings. The topological polar surface area (TPSA) is 308 Å². The molecule has 2 atom stereocenters. The summed E-state index contributed by atoms with van der Waals surface area (Å²) in [4.78, 5) is 102. The third-order valence-corrected chi connectivity index (χ3v) is 17.8. The minimum absolute atomic E-state index is 0.0153. The van der Waals surface area contributed by atoms with Crippen LogP contribution in [0.15, 0.2) is 78.9 Å². The van der Waals surface area contributed by atoms with Gasteiger partial charge in [-0.05, 0) is 93.8 Å². The molecule has 0 spiro atoms. The van der Waals surface area contributed by atoms with Gasteiger partial charge in [0, 0.05) is 77.6 Å². The van der Waals surface area contributed by atoms with Crippen molar-refractivity contribution in [3.05, 3.63) is 118 Å². The van der Waals surface area contributed by atoms with Gasteiger partial charge in [0.2, 0.25) is 17.7 Å². The number of aromatic carboxylic acids is 1. The third kappa shape index (κ3) is 17.5. The molecule has 474 valence electrons. The predicted octanol–water partition coefficient (Wildman–Crippen LogP) is 4.85. The quantitative estimate of drug-likeness (QED) is 0.0166. The molecule has 0 aliphatic carbocycles. The molecule has 3 aliphatic heterocycles. The van der Waals surface area contributed by atoms with Crippen LogP contribution in [0.2, 0.25) is 0 Å². The number of nitrogens with one attached hydrogen (secondary N) is 5. The number of quaternary nitrogens is 1. The number of carbonyl (C=O) groups is 7. The minimum atomic E-state index is -1.38. The van der Waals surface area contributed by atoms with Crippen LogP contribution in [-0.2, 0) is 48.1 Å². The van der Waals surface area contributed by atoms with Crippen LogP contribution in [0.5, 0.6) is 5.75 Å². The van der Waals surface area contributed by atoms with Gasteiger partial charge in [0.05, 0.1) is 69.2 Å². The van der Waals surface area contributed by atoms with Gasteiger partial charge in [0.1, 0.15) is 24.3 Å². The van der Waals surface area contributed by atoms with Crippen molar-refractivity contribution in [1.29, 1.82) is 0 Å². The molecule has 3 aromatic heterocycles. The van der Waals surface area contributed by atoms with E-state index in [2.05, 4.69) is 70.5 Å². The fraction of sp³-hybridized carbons (Fsp3) is 0.413. The average molecular weight is 1270 g/mol. The highest BCUT2D eigenvalue weighted by molar-refractivity contribution is 7.22. The van der Waals surface area contributed by atoms with Gasteiger partial charge in [-0.1, -0.05) is 61.3 Å². The van der Waals surface area contributed by atoms with Crippen LogP contribution >= 0.6 is 22.7 Å². The number of nitrogens with two attached hydrogens (primary N) is 1. The van der Waals surface area contributed by atoms with Crippen LogP contribution in [0.3, 0.4) is 0 Å². The SMILES string of the molecule is Cc1c(Nc2nc3ccccc3s2)nnc2c1CCCN2c1nc(C(=O)[O-])c(CCCOc2ccc(C#CCN3CC[N+](C)(Cc4ccc(NC(=O)[C@H](CCCNC(N)=O)NC(=O)[C@@H](NC(=O)CCOCCN5C(=O)C=CC5=O)C(C)C)cc4)CC3)cc2F)s1. The number of halogens is 1. The number of aryl methyl sites for hydroxylation is 1. The second-order valence-electron chi connectivity index (χ2n) is 22.8. The number of likely N-dealkylation sites (N-methyl/N-ethyl adjacent to an activating group) is 1. The number of aromatic nitrogens is 4. The Morgan fingerprint density at radius 2 is 1.67 bits per heavy atom. The van der Waals surface area contributed by atoms with Gasteiger partial charge in [-0.25, -0.2) is 19.2 Å². The molecular formula is C63H73FN14O10S2. The number of hydrogen-bond donors (Lipinski definition) is 6. The lowest BCUT2D eigenvalue weighted by molar-refractivity contribution is -0.926. The maximum atomic E-state index is 15.3. The number of nitrogens with zero attached hydrogens (tertiary/aromatic N) is 8. The molecule has 9 rings (SSSR count). The van der Waals surface area contributed by atoms with Crippen molar-refractivity contribution >= 4 is 102 Å². The standard InChI is InChI=1S/C63H73FN14O10S2/c1-39(2)54(70-51(79)25-35-87-36-31-76-52(80)23-24-53(76)81)59(83)68-47(14-7-26-66-61(65)86)58(82)67-43-20-17-42(18-21-43)38-78(4)32-29-75(30-33-78)27-8-11-41-19-22-48(45(64)37-41)88-34-10-16-50-55(60(84)85)71-63(90-50)77-28-9-12-44-40(3)56(73-74-57(44)77)72-62-69-46-13-5-6-15-49(46)89-62/h5-6,13,15,17-24,37,39,47,54H,7,9-10,12,14,16,25-36,38H2,1-4H3,(H7-,65,66,67,68,69,70,72,73,79,82,83,84,85,86)/t47-,54-/m0/s1. The number of thiazole rings is 2. The van der Waals surface area contributed by atoms with Crippen molar-refractivity contribution in [2.45, 2.75) is 84.3 Å². The van der Waals surface area contributed by atoms with E-state index in [1.165, 1.54) is 40.9 Å². The zero-order valence-corrected chi connectivity index (χ0v) is 52.2. The van der Waals surface area contributed by atoms with Crippen LogP contribution < -0.4 is 47.1 Å². The third-order valence-electron chi connectivity index (χ3n) is 15.7. The molecule has 3 aromatic carbocycles. The number of primary amides is 1. The van der Waals surface area contributed by atoms with Crippen molar-refractivity contribution in [1.82, 2.24) is 45.9 Å². The summed E-state index contributed by atoms with van der Waals surface area (Å²) in [7, 11) is 2.20. The highest BCUT2D eigenvalue weighted by Crippen LogP contribution is 2.39. The van der Waals surface area contributed by atoms with Gasteiger partial charge >= 0.3 is 6.03 Å². The van der Waals surface area contributed by atoms with Crippen molar-refractivity contribution in [2.75, 3.05) is 94.8 Å². The molecule has 6 heterocycles. The van der Waals surface area contributed by atoms with E-state index in [0.29, 0.717) is 70.4 Å². The minimum Gasteiger partial charge on any atom is -0.543 e. The Morgan fingerprint density at radius 3 is 2.39 bits per heavy atom. The molecule has 7 N–H and O–H groups in total. The van der Waals surface area contributed by atoms with Crippen LogP contribution in [0.4, 0.5) is 36.8 Å². The smallest absolute Gasteiger partial charge is 0.312 e. The molecule has 3 aliphatic rings. The van der Waals surface area contributed by atoms with Crippen molar-refractivity contribution in [3.63, 3.8) is 0 Å². The number of carbonyl (C=O) groups excluding carboxylic acids is 7. The summed E-state index contributed by atoms with van der Waals surface area (Å²) >= 11 is 2.79. The highest BCUT2D eigenvalue weighted by Gasteiger charge is 2.32. The van der Waals surface area contributed by atoms with Crippen LogP contribution in [0.25, 0.3) is 10.2 Å². The largest absolute Gasteiger partial charge is 0.543 e. The summed E-state index contributed by atoms with van der Waals surface area (Å²) < 4.78 is 28.5. The number of piperazine rings is 1. The number of ether oxygens (including phenoxy) is 2. The van der Waals surface area contributed by atoms with Crippen molar-refractivity contribution < 1.29 is 57.0 Å². The fourth-order valence-corrected chi connectivity index (χ4v) is 12.6. The first-order chi connectivity index (χ1) is 43.3. The van der Waals surface area contributed by atoms with E-state index in [9.17, 15) is 38.7 Å². The maximum absolute atomic E-state index is 15.3. The summed E-state index contributed by atoms with van der Waals surface area (Å²) in [5.74, 6) is 2.91. The number of carboxylic acids is 1. The van der Waals surface area contributed by atoms with E-state index < -0.39 is 59.4 Å². The summed E-state index contributed by atoms with van der Waals surface area (Å²) in [5, 5.41) is 36.8. The lowest BCUT2D eigenvalue weighted by Gasteiger charge is -2.41. The average Bonchev–Trinajstić information content (AvgIpc) is 1.56. The first-order valence-corrected chi connectivity index (χ1v) is 31.5. The van der Waals surface area contributed by atoms with Gasteiger partial charge in [-0.3, -0.25) is 33.8 Å². The van der Waals surface area contributed by atoms with Gasteiger partial charge in [0.25, 0.3) is 11.8 Å². The van der Waals surface area contributed by atoms with E-state index >= 15 is 4.39 Å². The Kier molecular flexibility index (Phi) is 22.2. The molecule has 0 bridgehead atoms. The molecule has 90 heavy (non-hydrogen) atoms. The number of benzene rings is 3. The van der Waals surface area contributed by atoms with Crippen LogP contribution in [-0.4, -0.2) is 167 Å². The highest BCUT2D eigenvalue weighted by atomic mass is 32.1. The number of carboxylic acid groups (broad SMARTS) is 1. The summed E-state index contributed by atoms with van der Waals surface area (Å²) in [6.45, 7) is 11.0. The first kappa shape index (κ1) is 65.5. The fourth-order valence-electron chi connectivity index (χ4n) is 10.6. The number of para-hydroxylation sites is 1. The number of fused-ring (bicyclic) bond motifs is 2. The molecule has 1 saturated heterocycles. The van der Waals surface area contributed by atoms with Crippen LogP contribution in [0, 0.1) is 30.5 Å². The monoisotopic (exact) mass is 1270 g/mol. The van der Waals surface area contributed by atoms with E-state index in [4.69, 9.17) is 15.2 Å². The molecule has 0 radical (unpaired) electrons. The summed E-state index contributed by atoms with van der Waals surface area (Å²) in [6.07, 6.45) is 5.03. The maximum Gasteiger partial charge on any atom is 0.312 e. The normalized spacial score (nSPS) is 15.2. The lowest BCUT2D eigenvalue weighted by atomic mass is 10.0. The second-order valence-corrected chi connectivity index (χ2v) is 24.9. The molecule has 0 unspecified atom stereocenters. The summed E-state index contributed by atoms with van der Waals surface area (Å²) in [5.41, 5.74) is 10.0.